The maximum Gasteiger partial charge on any atom is 0.127 e. The van der Waals surface area contributed by atoms with Gasteiger partial charge in [0.2, 0.25) is 0 Å². The molecule has 0 amide bonds. The molecule has 2 nitrogen and oxygen atoms in total. The van der Waals surface area contributed by atoms with Crippen LogP contribution in [0.5, 0.6) is 11.5 Å². The van der Waals surface area contributed by atoms with E-state index in [2.05, 4.69) is 107 Å². The van der Waals surface area contributed by atoms with Crippen molar-refractivity contribution in [2.24, 2.45) is 0 Å². The summed E-state index contributed by atoms with van der Waals surface area (Å²) < 4.78 is 0. The highest BCUT2D eigenvalue weighted by molar-refractivity contribution is 5.76. The lowest BCUT2D eigenvalue weighted by Crippen LogP contribution is -2.18. The Balaban J connectivity index is 3.00. The first-order valence-electron chi connectivity index (χ1n) is 11.0. The van der Waals surface area contributed by atoms with E-state index in [1.54, 1.807) is 0 Å². The fourth-order valence-electron chi connectivity index (χ4n) is 3.79. The van der Waals surface area contributed by atoms with Crippen molar-refractivity contribution in [2.75, 3.05) is 0 Å². The van der Waals surface area contributed by atoms with Crippen molar-refractivity contribution < 1.29 is 10.2 Å². The van der Waals surface area contributed by atoms with Gasteiger partial charge in [-0.2, -0.15) is 0 Å². The summed E-state index contributed by atoms with van der Waals surface area (Å²) in [5.74, 6) is 0.696. The molecule has 166 valence electrons. The first kappa shape index (κ1) is 24.3. The number of hydrogen-bond acceptors (Lipinski definition) is 2. The quantitative estimate of drug-likeness (QED) is 0.500. The van der Waals surface area contributed by atoms with Crippen molar-refractivity contribution in [2.45, 2.75) is 105 Å². The van der Waals surface area contributed by atoms with Crippen LogP contribution in [0.2, 0.25) is 0 Å². The molecule has 0 heterocycles. The molecule has 0 aliphatic rings. The van der Waals surface area contributed by atoms with Crippen LogP contribution < -0.4 is 0 Å². The predicted molar refractivity (Wildman–Crippen MR) is 130 cm³/mol. The van der Waals surface area contributed by atoms with E-state index < -0.39 is 0 Å². The third kappa shape index (κ3) is 4.85. The van der Waals surface area contributed by atoms with E-state index in [-0.39, 0.29) is 21.7 Å². The van der Waals surface area contributed by atoms with Gasteiger partial charge in [-0.3, -0.25) is 0 Å². The first-order valence-corrected chi connectivity index (χ1v) is 11.0. The van der Waals surface area contributed by atoms with E-state index in [0.717, 1.165) is 27.8 Å². The lowest BCUT2D eigenvalue weighted by Gasteiger charge is -2.30. The van der Waals surface area contributed by atoms with Crippen LogP contribution in [0, 0.1) is 0 Å². The summed E-state index contributed by atoms with van der Waals surface area (Å²) in [6, 6.07) is 8.38. The van der Waals surface area contributed by atoms with Crippen LogP contribution >= 0.6 is 0 Å². The van der Waals surface area contributed by atoms with Crippen molar-refractivity contribution >= 4 is 0 Å². The van der Waals surface area contributed by atoms with Crippen molar-refractivity contribution in [1.82, 2.24) is 0 Å². The minimum absolute atomic E-state index is 0.0426. The molecule has 0 aromatic heterocycles. The van der Waals surface area contributed by atoms with E-state index in [1.807, 2.05) is 0 Å². The molecule has 0 saturated heterocycles. The van der Waals surface area contributed by atoms with Gasteiger partial charge in [0.25, 0.3) is 0 Å². The number of aromatic hydroxyl groups is 2. The predicted octanol–water partition coefficient (Wildman–Crippen LogP) is 7.95. The van der Waals surface area contributed by atoms with E-state index in [9.17, 15) is 10.2 Å². The average Bonchev–Trinajstić information content (AvgIpc) is 2.51. The average molecular weight is 411 g/mol. The van der Waals surface area contributed by atoms with Gasteiger partial charge in [-0.1, -0.05) is 89.2 Å². The van der Waals surface area contributed by atoms with Crippen molar-refractivity contribution in [3.05, 3.63) is 46.5 Å². The summed E-state index contributed by atoms with van der Waals surface area (Å²) in [4.78, 5) is 0. The standard InChI is InChI=1S/C28H42O2/c1-25(2,3)18-15-19(23(29)22(16-18)28(10,11)12)17-13-20(26(4,5)6)24(30)21(14-17)27(7,8)9/h13-16,29-30H,1-12H3. The molecule has 0 radical (unpaired) electrons. The summed E-state index contributed by atoms with van der Waals surface area (Å²) in [5, 5.41) is 22.5. The van der Waals surface area contributed by atoms with Gasteiger partial charge in [0.05, 0.1) is 0 Å². The summed E-state index contributed by atoms with van der Waals surface area (Å²) in [6.07, 6.45) is 0. The highest BCUT2D eigenvalue weighted by atomic mass is 16.3. The van der Waals surface area contributed by atoms with Crippen molar-refractivity contribution in [3.63, 3.8) is 0 Å². The van der Waals surface area contributed by atoms with Crippen molar-refractivity contribution in [1.29, 1.82) is 0 Å². The minimum Gasteiger partial charge on any atom is -0.507 e. The molecule has 0 aliphatic carbocycles. The molecule has 0 aliphatic heterocycles. The zero-order valence-corrected chi connectivity index (χ0v) is 21.2. The van der Waals surface area contributed by atoms with E-state index in [4.69, 9.17) is 0 Å². The highest BCUT2D eigenvalue weighted by Gasteiger charge is 2.29. The van der Waals surface area contributed by atoms with Crippen LogP contribution in [0.1, 0.15) is 105 Å². The largest absolute Gasteiger partial charge is 0.507 e. The Hall–Kier alpha value is -1.96. The molecule has 30 heavy (non-hydrogen) atoms. The van der Waals surface area contributed by atoms with Gasteiger partial charge < -0.3 is 10.2 Å². The van der Waals surface area contributed by atoms with Crippen LogP contribution in [-0.2, 0) is 21.7 Å². The number of rotatable bonds is 1. The zero-order valence-electron chi connectivity index (χ0n) is 21.2. The van der Waals surface area contributed by atoms with Gasteiger partial charge in [0, 0.05) is 22.3 Å². The van der Waals surface area contributed by atoms with Gasteiger partial charge >= 0.3 is 0 Å². The molecule has 2 aromatic rings. The fraction of sp³-hybridized carbons (Fsp3) is 0.571. The highest BCUT2D eigenvalue weighted by Crippen LogP contribution is 2.46. The molecule has 0 spiro atoms. The van der Waals surface area contributed by atoms with E-state index >= 15 is 0 Å². The Morgan fingerprint density at radius 3 is 1.17 bits per heavy atom. The fourth-order valence-corrected chi connectivity index (χ4v) is 3.79. The Morgan fingerprint density at radius 1 is 0.467 bits per heavy atom. The third-order valence-corrected chi connectivity index (χ3v) is 5.82. The van der Waals surface area contributed by atoms with E-state index in [0.29, 0.717) is 11.5 Å². The SMILES string of the molecule is CC(C)(C)c1cc(-c2cc(C(C)(C)C)c(O)c(C(C)(C)C)c2)c(O)c(C(C)(C)C)c1. The van der Waals surface area contributed by atoms with Gasteiger partial charge in [-0.25, -0.2) is 0 Å². The number of benzene rings is 2. The van der Waals surface area contributed by atoms with Gasteiger partial charge in [-0.05, 0) is 51.0 Å². The minimum atomic E-state index is -0.218. The Kier molecular flexibility index (Phi) is 5.93. The van der Waals surface area contributed by atoms with Crippen LogP contribution in [0.15, 0.2) is 24.3 Å². The number of phenolic OH excluding ortho intramolecular Hbond substituents is 2. The molecule has 0 fully saturated rings. The summed E-state index contributed by atoms with van der Waals surface area (Å²) in [6.45, 7) is 25.7. The lowest BCUT2D eigenvalue weighted by molar-refractivity contribution is 0.423. The second-order valence-electron chi connectivity index (χ2n) is 12.8. The zero-order chi connectivity index (χ0) is 23.4. The molecule has 0 bridgehead atoms. The van der Waals surface area contributed by atoms with Gasteiger partial charge in [0.1, 0.15) is 11.5 Å². The van der Waals surface area contributed by atoms with Crippen molar-refractivity contribution in [3.8, 4) is 22.6 Å². The molecular weight excluding hydrogens is 368 g/mol. The Morgan fingerprint density at radius 2 is 0.833 bits per heavy atom. The van der Waals surface area contributed by atoms with Gasteiger partial charge in [-0.15, -0.1) is 0 Å². The number of phenols is 2. The lowest BCUT2D eigenvalue weighted by atomic mass is 9.75. The van der Waals surface area contributed by atoms with Crippen LogP contribution in [-0.4, -0.2) is 10.2 Å². The maximum absolute atomic E-state index is 11.4. The molecule has 0 saturated carbocycles. The Bertz CT molecular complexity index is 902. The second kappa shape index (κ2) is 7.32. The second-order valence-corrected chi connectivity index (χ2v) is 12.8. The molecule has 0 atom stereocenters. The van der Waals surface area contributed by atoms with Crippen LogP contribution in [0.3, 0.4) is 0 Å². The monoisotopic (exact) mass is 410 g/mol. The molecule has 2 rings (SSSR count). The Labute approximate surface area is 184 Å². The van der Waals surface area contributed by atoms with Gasteiger partial charge in [0.15, 0.2) is 0 Å². The van der Waals surface area contributed by atoms with E-state index in [1.165, 1.54) is 5.56 Å². The molecular formula is C28H42O2. The smallest absolute Gasteiger partial charge is 0.127 e. The van der Waals surface area contributed by atoms with Crippen LogP contribution in [0.25, 0.3) is 11.1 Å². The maximum atomic E-state index is 11.4. The summed E-state index contributed by atoms with van der Waals surface area (Å²) in [7, 11) is 0. The molecule has 2 aromatic carbocycles. The number of hydrogen-bond donors (Lipinski definition) is 2. The first-order chi connectivity index (χ1) is 13.2. The molecule has 2 N–H and O–H groups in total. The molecule has 0 unspecified atom stereocenters. The normalized spacial score (nSPS) is 13.6. The third-order valence-electron chi connectivity index (χ3n) is 5.82. The summed E-state index contributed by atoms with van der Waals surface area (Å²) in [5.41, 5.74) is 5.09. The van der Waals surface area contributed by atoms with Crippen LogP contribution in [0.4, 0.5) is 0 Å². The molecule has 2 heteroatoms. The summed E-state index contributed by atoms with van der Waals surface area (Å²) >= 11 is 0. The topological polar surface area (TPSA) is 40.5 Å².